The third-order valence-corrected chi connectivity index (χ3v) is 23.2. The highest BCUT2D eigenvalue weighted by molar-refractivity contribution is 7.47. The van der Waals surface area contributed by atoms with Crippen molar-refractivity contribution >= 4 is 39.5 Å². The molecule has 0 bridgehead atoms. The maximum atomic E-state index is 13.1. The fourth-order valence-corrected chi connectivity index (χ4v) is 15.2. The van der Waals surface area contributed by atoms with Crippen molar-refractivity contribution in [1.29, 1.82) is 0 Å². The van der Waals surface area contributed by atoms with Gasteiger partial charge in [0.25, 0.3) is 0 Å². The molecule has 19 heteroatoms. The van der Waals surface area contributed by atoms with Gasteiger partial charge in [0.1, 0.15) is 19.3 Å². The van der Waals surface area contributed by atoms with Gasteiger partial charge in [-0.1, -0.05) is 409 Å². The molecule has 0 aromatic heterocycles. The highest BCUT2D eigenvalue weighted by Gasteiger charge is 2.31. The Morgan fingerprint density at radius 3 is 0.664 bits per heavy atom. The van der Waals surface area contributed by atoms with Crippen molar-refractivity contribution in [3.8, 4) is 0 Å². The predicted molar refractivity (Wildman–Crippen MR) is 441 cm³/mol. The second kappa shape index (κ2) is 76.7. The molecule has 0 heterocycles. The molecule has 0 fully saturated rings. The van der Waals surface area contributed by atoms with Crippen molar-refractivity contribution < 1.29 is 80.2 Å². The van der Waals surface area contributed by atoms with Gasteiger partial charge in [0, 0.05) is 25.7 Å². The first-order chi connectivity index (χ1) is 51.7. The molecule has 0 aliphatic carbocycles. The Hall–Kier alpha value is -1.94. The summed E-state index contributed by atoms with van der Waals surface area (Å²) < 4.78 is 68.9. The molecule has 0 rings (SSSR count). The van der Waals surface area contributed by atoms with E-state index in [-0.39, 0.29) is 25.7 Å². The molecular weight excluding hydrogens is 1390 g/mol. The van der Waals surface area contributed by atoms with Gasteiger partial charge in [0.2, 0.25) is 0 Å². The zero-order valence-corrected chi connectivity index (χ0v) is 72.6. The Bertz CT molecular complexity index is 2080. The van der Waals surface area contributed by atoms with Crippen LogP contribution in [0.2, 0.25) is 0 Å². The van der Waals surface area contributed by atoms with E-state index in [1.165, 1.54) is 257 Å². The van der Waals surface area contributed by atoms with Crippen LogP contribution in [0.4, 0.5) is 0 Å². The number of aliphatic hydroxyl groups excluding tert-OH is 1. The molecule has 0 aromatic rings. The number of rotatable bonds is 85. The maximum absolute atomic E-state index is 13.1. The first kappa shape index (κ1) is 105. The summed E-state index contributed by atoms with van der Waals surface area (Å²) in [5, 5.41) is 10.7. The van der Waals surface area contributed by atoms with Crippen LogP contribution < -0.4 is 0 Å². The highest BCUT2D eigenvalue weighted by atomic mass is 31.2. The van der Waals surface area contributed by atoms with Crippen molar-refractivity contribution in [2.24, 2.45) is 23.7 Å². The number of unbranched alkanes of at least 4 members (excludes halogenated alkanes) is 49. The summed E-state index contributed by atoms with van der Waals surface area (Å²) in [7, 11) is -9.93. The standard InChI is InChI=1S/C88H172O17P2/c1-9-80(7)66-58-50-42-34-28-24-20-16-12-14-18-22-26-30-38-46-55-63-71-88(93)105-84(75-99-86(91)69-61-53-47-39-41-49-57-65-79(5)6)77-103-107(96,97)101-73-82(89)72-100-106(94,95)102-76-83(74-98-85(90)68-60-52-44-36-32-31-35-43-51-59-67-81(8)10-2)104-87(92)70-62-54-45-37-29-25-21-17-13-11-15-19-23-27-33-40-48-56-64-78(3)4/h78-84,89H,9-77H2,1-8H3,(H,94,95)(H,96,97)/t80?,81?,82?,83-,84-/m1/s1. The SMILES string of the molecule is CCC(C)CCCCCCCCCCCCCCCCCCCCC(=O)O[C@H](COC(=O)CCCCCCCCCC(C)C)COP(=O)(O)OCC(O)COP(=O)(O)OC[C@@H](COC(=O)CCCCCCCCCCCCC(C)CC)OC(=O)CCCCCCCCCCCCCCCCCCCCC(C)C. The zero-order valence-electron chi connectivity index (χ0n) is 70.8. The average molecular weight is 1560 g/mol. The van der Waals surface area contributed by atoms with Crippen LogP contribution in [0.1, 0.15) is 460 Å². The van der Waals surface area contributed by atoms with Gasteiger partial charge >= 0.3 is 39.5 Å². The van der Waals surface area contributed by atoms with Crippen LogP contribution in [-0.4, -0.2) is 96.7 Å². The molecule has 7 atom stereocenters. The number of aliphatic hydroxyl groups is 1. The Kier molecular flexibility index (Phi) is 75.3. The normalized spacial score (nSPS) is 14.4. The quantitative estimate of drug-likeness (QED) is 0.0222. The molecule has 636 valence electrons. The summed E-state index contributed by atoms with van der Waals surface area (Å²) in [6, 6.07) is 0. The smallest absolute Gasteiger partial charge is 0.462 e. The van der Waals surface area contributed by atoms with Crippen LogP contribution in [0, 0.1) is 23.7 Å². The lowest BCUT2D eigenvalue weighted by molar-refractivity contribution is -0.161. The Morgan fingerprint density at radius 2 is 0.449 bits per heavy atom. The lowest BCUT2D eigenvalue weighted by Gasteiger charge is -2.21. The van der Waals surface area contributed by atoms with E-state index in [2.05, 4.69) is 55.4 Å². The molecule has 0 aliphatic rings. The lowest BCUT2D eigenvalue weighted by Crippen LogP contribution is -2.30. The van der Waals surface area contributed by atoms with Gasteiger partial charge < -0.3 is 33.8 Å². The first-order valence-corrected chi connectivity index (χ1v) is 48.3. The number of ether oxygens (including phenoxy) is 4. The van der Waals surface area contributed by atoms with Gasteiger partial charge in [-0.15, -0.1) is 0 Å². The van der Waals surface area contributed by atoms with Gasteiger partial charge in [-0.05, 0) is 49.4 Å². The predicted octanol–water partition coefficient (Wildman–Crippen LogP) is 26.7. The van der Waals surface area contributed by atoms with Crippen molar-refractivity contribution in [2.45, 2.75) is 478 Å². The van der Waals surface area contributed by atoms with Crippen LogP contribution in [0.25, 0.3) is 0 Å². The van der Waals surface area contributed by atoms with Crippen molar-refractivity contribution in [3.63, 3.8) is 0 Å². The monoisotopic (exact) mass is 1560 g/mol. The number of esters is 4. The third-order valence-electron chi connectivity index (χ3n) is 21.3. The van der Waals surface area contributed by atoms with Gasteiger partial charge in [-0.25, -0.2) is 9.13 Å². The van der Waals surface area contributed by atoms with E-state index in [1.807, 2.05) is 0 Å². The van der Waals surface area contributed by atoms with E-state index < -0.39 is 97.5 Å². The minimum absolute atomic E-state index is 0.107. The van der Waals surface area contributed by atoms with Gasteiger partial charge in [0.05, 0.1) is 26.4 Å². The summed E-state index contributed by atoms with van der Waals surface area (Å²) in [6.45, 7) is 14.4. The van der Waals surface area contributed by atoms with E-state index in [1.54, 1.807) is 0 Å². The largest absolute Gasteiger partial charge is 0.472 e. The van der Waals surface area contributed by atoms with Crippen LogP contribution >= 0.6 is 15.6 Å². The molecule has 107 heavy (non-hydrogen) atoms. The molecule has 0 aliphatic heterocycles. The van der Waals surface area contributed by atoms with E-state index in [0.29, 0.717) is 31.6 Å². The minimum atomic E-state index is -4.97. The number of carbonyl (C=O) groups is 4. The van der Waals surface area contributed by atoms with E-state index in [4.69, 9.17) is 37.0 Å². The van der Waals surface area contributed by atoms with E-state index in [9.17, 15) is 43.2 Å². The summed E-state index contributed by atoms with van der Waals surface area (Å²) in [6.07, 6.45) is 66.7. The molecule has 0 saturated carbocycles. The van der Waals surface area contributed by atoms with E-state index >= 15 is 0 Å². The summed E-state index contributed by atoms with van der Waals surface area (Å²) in [5.41, 5.74) is 0. The lowest BCUT2D eigenvalue weighted by atomic mass is 9.99. The summed E-state index contributed by atoms with van der Waals surface area (Å²) >= 11 is 0. The fraction of sp³-hybridized carbons (Fsp3) is 0.955. The third kappa shape index (κ3) is 79.1. The van der Waals surface area contributed by atoms with Crippen molar-refractivity contribution in [3.05, 3.63) is 0 Å². The second-order valence-corrected chi connectivity index (χ2v) is 36.0. The molecule has 0 aromatic carbocycles. The fourth-order valence-electron chi connectivity index (χ4n) is 13.6. The van der Waals surface area contributed by atoms with Gasteiger partial charge in [-0.3, -0.25) is 37.3 Å². The minimum Gasteiger partial charge on any atom is -0.462 e. The average Bonchev–Trinajstić information content (AvgIpc) is 0.900. The van der Waals surface area contributed by atoms with Crippen LogP contribution in [0.5, 0.6) is 0 Å². The van der Waals surface area contributed by atoms with Crippen LogP contribution in [-0.2, 0) is 65.4 Å². The molecule has 17 nitrogen and oxygen atoms in total. The Morgan fingerprint density at radius 1 is 0.262 bits per heavy atom. The number of carbonyl (C=O) groups excluding carboxylic acids is 4. The Balaban J connectivity index is 5.19. The zero-order chi connectivity index (χ0) is 78.8. The van der Waals surface area contributed by atoms with Crippen LogP contribution in [0.15, 0.2) is 0 Å². The molecule has 3 N–H and O–H groups in total. The molecular formula is C88H172O17P2. The first-order valence-electron chi connectivity index (χ1n) is 45.3. The molecule has 5 unspecified atom stereocenters. The van der Waals surface area contributed by atoms with Crippen molar-refractivity contribution in [1.82, 2.24) is 0 Å². The molecule has 0 saturated heterocycles. The number of phosphoric ester groups is 2. The van der Waals surface area contributed by atoms with Gasteiger partial charge in [-0.2, -0.15) is 0 Å². The molecule has 0 spiro atoms. The highest BCUT2D eigenvalue weighted by Crippen LogP contribution is 2.45. The molecule has 0 radical (unpaired) electrons. The number of phosphoric acid groups is 2. The summed E-state index contributed by atoms with van der Waals surface area (Å²) in [4.78, 5) is 73.2. The van der Waals surface area contributed by atoms with Gasteiger partial charge in [0.15, 0.2) is 12.2 Å². The number of hydrogen-bond acceptors (Lipinski definition) is 15. The van der Waals surface area contributed by atoms with E-state index in [0.717, 1.165) is 114 Å². The van der Waals surface area contributed by atoms with Crippen molar-refractivity contribution in [2.75, 3.05) is 39.6 Å². The maximum Gasteiger partial charge on any atom is 0.472 e. The topological polar surface area (TPSA) is 237 Å². The number of hydrogen-bond donors (Lipinski definition) is 3. The Labute approximate surface area is 658 Å². The summed E-state index contributed by atoms with van der Waals surface area (Å²) in [5.74, 6) is 1.10. The molecule has 0 amide bonds. The second-order valence-electron chi connectivity index (χ2n) is 33.1. The van der Waals surface area contributed by atoms with Crippen LogP contribution in [0.3, 0.4) is 0 Å².